The Labute approximate surface area is 206 Å². The molecule has 10 heteroatoms. The molecular weight excluding hydrogens is 482 g/mol. The van der Waals surface area contributed by atoms with Crippen LogP contribution in [0, 0.1) is 0 Å². The minimum atomic E-state index is -3.31. The fraction of sp³-hybridized carbons (Fsp3) is 0.154. The molecule has 5 rings (SSSR count). The fourth-order valence-electron chi connectivity index (χ4n) is 4.44. The molecule has 4 aromatic rings. The van der Waals surface area contributed by atoms with Crippen LogP contribution in [-0.4, -0.2) is 37.9 Å². The summed E-state index contributed by atoms with van der Waals surface area (Å²) in [5, 5.41) is 0. The Bertz CT molecular complexity index is 1690. The Morgan fingerprint density at radius 2 is 1.83 bits per heavy atom. The highest BCUT2D eigenvalue weighted by molar-refractivity contribution is 7.88. The number of furan rings is 1. The number of allylic oxidation sites excluding steroid dienone is 1. The fourth-order valence-corrected chi connectivity index (χ4v) is 4.86. The molecule has 0 amide bonds. The van der Waals surface area contributed by atoms with Crippen LogP contribution in [0.25, 0.3) is 33.5 Å². The average Bonchev–Trinajstić information content (AvgIpc) is 3.51. The Morgan fingerprint density at radius 3 is 2.50 bits per heavy atom. The van der Waals surface area contributed by atoms with Gasteiger partial charge < -0.3 is 14.1 Å². The first-order valence-electron chi connectivity index (χ1n) is 11.1. The van der Waals surface area contributed by atoms with Crippen molar-refractivity contribution in [3.05, 3.63) is 99.2 Å². The number of hydrogen-bond donors (Lipinski definition) is 2. The second-order valence-corrected chi connectivity index (χ2v) is 10.3. The smallest absolute Gasteiger partial charge is 0.332 e. The van der Waals surface area contributed by atoms with Crippen molar-refractivity contribution in [1.82, 2.24) is 14.3 Å². The van der Waals surface area contributed by atoms with Gasteiger partial charge >= 0.3 is 5.69 Å². The molecule has 36 heavy (non-hydrogen) atoms. The van der Waals surface area contributed by atoms with Gasteiger partial charge in [0.2, 0.25) is 10.0 Å². The summed E-state index contributed by atoms with van der Waals surface area (Å²) in [4.78, 5) is 27.7. The third-order valence-corrected chi connectivity index (χ3v) is 6.75. The molecule has 1 aliphatic carbocycles. The molecule has 0 saturated heterocycles. The first-order chi connectivity index (χ1) is 17.2. The molecule has 0 atom stereocenters. The number of hydrogen-bond acceptors (Lipinski definition) is 6. The van der Waals surface area contributed by atoms with Crippen molar-refractivity contribution in [2.24, 2.45) is 0 Å². The van der Waals surface area contributed by atoms with Gasteiger partial charge in [-0.1, -0.05) is 24.3 Å². The van der Waals surface area contributed by atoms with Crippen molar-refractivity contribution >= 4 is 15.6 Å². The number of rotatable bonds is 7. The highest BCUT2D eigenvalue weighted by Gasteiger charge is 2.21. The predicted octanol–water partition coefficient (Wildman–Crippen LogP) is 2.95. The number of ether oxygens (including phenoxy) is 1. The number of H-pyrrole nitrogens is 1. The third-order valence-electron chi connectivity index (χ3n) is 6.08. The van der Waals surface area contributed by atoms with Gasteiger partial charge in [0.15, 0.2) is 0 Å². The van der Waals surface area contributed by atoms with Crippen molar-refractivity contribution in [2.45, 2.75) is 6.42 Å². The van der Waals surface area contributed by atoms with E-state index >= 15 is 0 Å². The summed E-state index contributed by atoms with van der Waals surface area (Å²) >= 11 is 0. The molecule has 2 N–H and O–H groups in total. The largest absolute Gasteiger partial charge is 0.495 e. The predicted molar refractivity (Wildman–Crippen MR) is 137 cm³/mol. The van der Waals surface area contributed by atoms with Crippen molar-refractivity contribution in [1.29, 1.82) is 0 Å². The van der Waals surface area contributed by atoms with E-state index < -0.39 is 21.3 Å². The molecule has 9 nitrogen and oxygen atoms in total. The molecule has 1 aliphatic rings. The van der Waals surface area contributed by atoms with Gasteiger partial charge in [-0.05, 0) is 46.9 Å². The lowest BCUT2D eigenvalue weighted by atomic mass is 9.94. The minimum Gasteiger partial charge on any atom is -0.495 e. The van der Waals surface area contributed by atoms with E-state index in [4.69, 9.17) is 9.15 Å². The van der Waals surface area contributed by atoms with Gasteiger partial charge in [0.05, 0.1) is 31.6 Å². The number of nitrogens with zero attached hydrogens (tertiary/aromatic N) is 1. The molecule has 0 spiro atoms. The second kappa shape index (κ2) is 9.14. The van der Waals surface area contributed by atoms with E-state index in [9.17, 15) is 18.0 Å². The molecule has 0 radical (unpaired) electrons. The van der Waals surface area contributed by atoms with Crippen LogP contribution in [0.15, 0.2) is 81.3 Å². The highest BCUT2D eigenvalue weighted by Crippen LogP contribution is 2.42. The van der Waals surface area contributed by atoms with Crippen molar-refractivity contribution in [2.75, 3.05) is 19.9 Å². The van der Waals surface area contributed by atoms with Gasteiger partial charge in [-0.3, -0.25) is 4.79 Å². The van der Waals surface area contributed by atoms with Crippen LogP contribution in [0.2, 0.25) is 0 Å². The van der Waals surface area contributed by atoms with Crippen LogP contribution in [0.3, 0.4) is 0 Å². The molecule has 0 unspecified atom stereocenters. The maximum atomic E-state index is 12.6. The maximum Gasteiger partial charge on any atom is 0.332 e. The van der Waals surface area contributed by atoms with E-state index in [1.807, 2.05) is 24.3 Å². The number of benzene rings is 2. The van der Waals surface area contributed by atoms with Crippen LogP contribution in [0.1, 0.15) is 11.1 Å². The van der Waals surface area contributed by atoms with Crippen molar-refractivity contribution < 1.29 is 17.6 Å². The topological polar surface area (TPSA) is 123 Å². The van der Waals surface area contributed by atoms with E-state index in [-0.39, 0.29) is 6.54 Å². The average molecular weight is 506 g/mol. The van der Waals surface area contributed by atoms with Gasteiger partial charge in [-0.25, -0.2) is 22.5 Å². The molecule has 2 heterocycles. The molecular formula is C26H23N3O6S. The van der Waals surface area contributed by atoms with E-state index in [1.54, 1.807) is 31.6 Å². The number of methoxy groups -OCH3 is 1. The van der Waals surface area contributed by atoms with Crippen LogP contribution in [0.5, 0.6) is 5.75 Å². The third kappa shape index (κ3) is 4.43. The monoisotopic (exact) mass is 505 g/mol. The lowest BCUT2D eigenvalue weighted by molar-refractivity contribution is 0.418. The van der Waals surface area contributed by atoms with E-state index in [2.05, 4.69) is 9.71 Å². The number of aromatic amines is 1. The Hall–Kier alpha value is -4.15. The normalized spacial score (nSPS) is 12.9. The van der Waals surface area contributed by atoms with E-state index in [0.29, 0.717) is 29.0 Å². The van der Waals surface area contributed by atoms with E-state index in [0.717, 1.165) is 38.6 Å². The minimum absolute atomic E-state index is 0.217. The quantitative estimate of drug-likeness (QED) is 0.398. The molecule has 2 aromatic heterocycles. The molecule has 0 fully saturated rings. The van der Waals surface area contributed by atoms with Crippen LogP contribution < -0.4 is 20.7 Å². The Balaban J connectivity index is 1.66. The molecule has 2 aromatic carbocycles. The van der Waals surface area contributed by atoms with Gasteiger partial charge in [0.1, 0.15) is 5.75 Å². The molecule has 184 valence electrons. The van der Waals surface area contributed by atoms with Crippen LogP contribution in [-0.2, 0) is 16.4 Å². The van der Waals surface area contributed by atoms with Gasteiger partial charge in [-0.2, -0.15) is 0 Å². The van der Waals surface area contributed by atoms with Gasteiger partial charge in [-0.15, -0.1) is 0 Å². The number of nitrogens with one attached hydrogen (secondary N) is 2. The SMILES string of the molecule is COc1c(-c2ccoc2)cc(-n2c(=O)cc[nH]c2=O)cc1-c1ccc2c(c1)CC=C2CNS(C)(=O)=O. The Morgan fingerprint density at radius 1 is 1.06 bits per heavy atom. The number of fused-ring (bicyclic) bond motifs is 1. The molecule has 0 saturated carbocycles. The van der Waals surface area contributed by atoms with Crippen LogP contribution in [0.4, 0.5) is 0 Å². The first-order valence-corrected chi connectivity index (χ1v) is 13.0. The Kier molecular flexibility index (Phi) is 5.99. The maximum absolute atomic E-state index is 12.6. The lowest BCUT2D eigenvalue weighted by Crippen LogP contribution is -2.32. The summed E-state index contributed by atoms with van der Waals surface area (Å²) in [6.45, 7) is 0.217. The zero-order valence-corrected chi connectivity index (χ0v) is 20.4. The molecule has 0 aliphatic heterocycles. The number of aromatic nitrogens is 2. The first kappa shape index (κ1) is 23.6. The number of sulfonamides is 1. The van der Waals surface area contributed by atoms with Gasteiger partial charge in [0, 0.05) is 35.5 Å². The summed E-state index contributed by atoms with van der Waals surface area (Å²) < 4.78 is 37.8. The summed E-state index contributed by atoms with van der Waals surface area (Å²) in [6.07, 6.45) is 8.20. The standard InChI is InChI=1S/C26H23N3O6S/c1-34-25-22(17-5-6-21-16(11-17)3-4-18(21)14-28-36(2,32)33)12-20(13-23(25)19-8-10-35-15-19)29-24(30)7-9-27-26(29)31/h4-13,15,28H,3,14H2,1-2H3,(H,27,31). The lowest BCUT2D eigenvalue weighted by Gasteiger charge is -2.17. The summed E-state index contributed by atoms with van der Waals surface area (Å²) in [7, 11) is -1.75. The highest BCUT2D eigenvalue weighted by atomic mass is 32.2. The summed E-state index contributed by atoms with van der Waals surface area (Å²) in [5.41, 5.74) is 5.16. The van der Waals surface area contributed by atoms with Gasteiger partial charge in [0.25, 0.3) is 5.56 Å². The molecule has 0 bridgehead atoms. The van der Waals surface area contributed by atoms with Crippen LogP contribution >= 0.6 is 0 Å². The van der Waals surface area contributed by atoms with E-state index in [1.165, 1.54) is 18.5 Å². The van der Waals surface area contributed by atoms with Crippen molar-refractivity contribution in [3.8, 4) is 33.7 Å². The summed E-state index contributed by atoms with van der Waals surface area (Å²) in [6, 6.07) is 12.4. The van der Waals surface area contributed by atoms with Crippen molar-refractivity contribution in [3.63, 3.8) is 0 Å². The summed E-state index contributed by atoms with van der Waals surface area (Å²) in [5.74, 6) is 0.561. The zero-order chi connectivity index (χ0) is 25.4. The zero-order valence-electron chi connectivity index (χ0n) is 19.6. The second-order valence-electron chi connectivity index (χ2n) is 8.44.